The van der Waals surface area contributed by atoms with E-state index in [1.54, 1.807) is 26.0 Å². The molecule has 1 fully saturated rings. The lowest BCUT2D eigenvalue weighted by Crippen LogP contribution is -2.50. The minimum Gasteiger partial charge on any atom is -0.464 e. The Morgan fingerprint density at radius 1 is 1.14 bits per heavy atom. The molecule has 0 aromatic heterocycles. The average Bonchev–Trinajstić information content (AvgIpc) is 3.18. The number of rotatable bonds is 6. The van der Waals surface area contributed by atoms with Crippen LogP contribution in [-0.4, -0.2) is 53.0 Å². The van der Waals surface area contributed by atoms with Crippen molar-refractivity contribution in [3.05, 3.63) is 29.8 Å². The first-order valence-electron chi connectivity index (χ1n) is 9.54. The Kier molecular flexibility index (Phi) is 5.30. The summed E-state index contributed by atoms with van der Waals surface area (Å²) in [5, 5.41) is 5.70. The van der Waals surface area contributed by atoms with Gasteiger partial charge in [-0.3, -0.25) is 19.4 Å². The van der Waals surface area contributed by atoms with Gasteiger partial charge in [-0.05, 0) is 44.9 Å². The van der Waals surface area contributed by atoms with E-state index in [9.17, 15) is 19.2 Å². The Labute approximate surface area is 169 Å². The van der Waals surface area contributed by atoms with Crippen LogP contribution >= 0.6 is 0 Å². The third kappa shape index (κ3) is 3.43. The van der Waals surface area contributed by atoms with Gasteiger partial charge in [0.25, 0.3) is 5.91 Å². The molecule has 1 saturated heterocycles. The lowest BCUT2D eigenvalue weighted by Gasteiger charge is -2.36. The zero-order valence-electron chi connectivity index (χ0n) is 17.3. The van der Waals surface area contributed by atoms with Gasteiger partial charge in [-0.15, -0.1) is 0 Å². The second kappa shape index (κ2) is 7.42. The number of anilines is 1. The number of ether oxygens (including phenoxy) is 1. The molecule has 8 nitrogen and oxygen atoms in total. The Balaban J connectivity index is 2.05. The first kappa shape index (κ1) is 20.7. The molecule has 1 aromatic carbocycles. The van der Waals surface area contributed by atoms with Gasteiger partial charge in [0.15, 0.2) is 5.71 Å². The van der Waals surface area contributed by atoms with Crippen molar-refractivity contribution < 1.29 is 23.9 Å². The standard InChI is InChI=1S/C21H25N3O5/c1-6-13-7-9-14(10-8-13)23-18(26)15-16(20(28)29-5)22-24(17(15)19(23)27)21(3,4)11-12(2)25/h7-10,15,17H,6,11H2,1-5H3/t15-,17+/m0/s1. The van der Waals surface area contributed by atoms with Gasteiger partial charge in [0.2, 0.25) is 5.91 Å². The number of ketones is 1. The summed E-state index contributed by atoms with van der Waals surface area (Å²) in [7, 11) is 1.20. The maximum absolute atomic E-state index is 13.3. The quantitative estimate of drug-likeness (QED) is 0.534. The van der Waals surface area contributed by atoms with Gasteiger partial charge in [0.1, 0.15) is 17.7 Å². The van der Waals surface area contributed by atoms with Crippen LogP contribution in [0.3, 0.4) is 0 Å². The zero-order chi connectivity index (χ0) is 21.5. The number of carbonyl (C=O) groups is 4. The molecule has 0 radical (unpaired) electrons. The SMILES string of the molecule is CCc1ccc(N2C(=O)[C@H]3C(C(=O)OC)=NN(C(C)(C)CC(C)=O)[C@H]3C2=O)cc1. The topological polar surface area (TPSA) is 96.3 Å². The third-order valence-corrected chi connectivity index (χ3v) is 5.35. The predicted octanol–water partition coefficient (Wildman–Crippen LogP) is 1.71. The fourth-order valence-electron chi connectivity index (χ4n) is 4.02. The molecule has 154 valence electrons. The zero-order valence-corrected chi connectivity index (χ0v) is 17.3. The van der Waals surface area contributed by atoms with Crippen LogP contribution < -0.4 is 4.90 Å². The molecule has 0 aliphatic carbocycles. The van der Waals surface area contributed by atoms with Gasteiger partial charge in [0, 0.05) is 6.42 Å². The highest BCUT2D eigenvalue weighted by molar-refractivity contribution is 6.46. The van der Waals surface area contributed by atoms with Gasteiger partial charge in [-0.1, -0.05) is 19.1 Å². The van der Waals surface area contributed by atoms with E-state index in [2.05, 4.69) is 5.10 Å². The van der Waals surface area contributed by atoms with Crippen molar-refractivity contribution in [2.45, 2.75) is 52.1 Å². The number of Topliss-reactive ketones (excluding diaryl/α,β-unsaturated/α-hetero) is 1. The van der Waals surface area contributed by atoms with Gasteiger partial charge in [-0.25, -0.2) is 9.69 Å². The maximum Gasteiger partial charge on any atom is 0.355 e. The van der Waals surface area contributed by atoms with E-state index < -0.39 is 35.3 Å². The van der Waals surface area contributed by atoms with E-state index in [0.29, 0.717) is 5.69 Å². The fourth-order valence-corrected chi connectivity index (χ4v) is 4.02. The molecule has 2 aliphatic heterocycles. The van der Waals surface area contributed by atoms with Gasteiger partial charge in [-0.2, -0.15) is 5.10 Å². The van der Waals surface area contributed by atoms with E-state index in [0.717, 1.165) is 16.9 Å². The van der Waals surface area contributed by atoms with Crippen molar-refractivity contribution in [3.63, 3.8) is 0 Å². The minimum atomic E-state index is -1.06. The first-order chi connectivity index (χ1) is 13.6. The molecule has 1 aromatic rings. The molecule has 3 rings (SSSR count). The Bertz CT molecular complexity index is 903. The molecular formula is C21H25N3O5. The number of methoxy groups -OCH3 is 1. The highest BCUT2D eigenvalue weighted by atomic mass is 16.5. The summed E-state index contributed by atoms with van der Waals surface area (Å²) in [6, 6.07) is 6.16. The number of carbonyl (C=O) groups excluding carboxylic acids is 4. The molecule has 2 heterocycles. The number of esters is 1. The monoisotopic (exact) mass is 399 g/mol. The van der Waals surface area contributed by atoms with Crippen LogP contribution in [0.25, 0.3) is 0 Å². The van der Waals surface area contributed by atoms with E-state index in [4.69, 9.17) is 4.74 Å². The summed E-state index contributed by atoms with van der Waals surface area (Å²) in [4.78, 5) is 51.7. The van der Waals surface area contributed by atoms with Crippen molar-refractivity contribution >= 4 is 35.0 Å². The number of benzene rings is 1. The largest absolute Gasteiger partial charge is 0.464 e. The molecule has 29 heavy (non-hydrogen) atoms. The van der Waals surface area contributed by atoms with Crippen molar-refractivity contribution in [1.82, 2.24) is 5.01 Å². The van der Waals surface area contributed by atoms with E-state index in [-0.39, 0.29) is 17.9 Å². The summed E-state index contributed by atoms with van der Waals surface area (Å²) in [6.07, 6.45) is 0.945. The molecule has 0 N–H and O–H groups in total. The number of hydrogen-bond donors (Lipinski definition) is 0. The summed E-state index contributed by atoms with van der Waals surface area (Å²) >= 11 is 0. The number of amides is 2. The maximum atomic E-state index is 13.3. The number of nitrogens with zero attached hydrogens (tertiary/aromatic N) is 3. The fraction of sp³-hybridized carbons (Fsp3) is 0.476. The molecule has 0 unspecified atom stereocenters. The summed E-state index contributed by atoms with van der Waals surface area (Å²) in [6.45, 7) is 6.97. The summed E-state index contributed by atoms with van der Waals surface area (Å²) < 4.78 is 4.79. The van der Waals surface area contributed by atoms with Crippen molar-refractivity contribution in [2.75, 3.05) is 12.0 Å². The van der Waals surface area contributed by atoms with Gasteiger partial charge < -0.3 is 4.74 Å². The van der Waals surface area contributed by atoms with Crippen molar-refractivity contribution in [2.24, 2.45) is 11.0 Å². The molecule has 2 atom stereocenters. The number of imide groups is 1. The molecule has 8 heteroatoms. The average molecular weight is 399 g/mol. The highest BCUT2D eigenvalue weighted by Crippen LogP contribution is 2.39. The Hall–Kier alpha value is -3.03. The van der Waals surface area contributed by atoms with Gasteiger partial charge in [0.05, 0.1) is 18.3 Å². The van der Waals surface area contributed by atoms with Crippen LogP contribution in [0.1, 0.15) is 39.7 Å². The van der Waals surface area contributed by atoms with Crippen LogP contribution in [0.5, 0.6) is 0 Å². The Morgan fingerprint density at radius 2 is 1.76 bits per heavy atom. The lowest BCUT2D eigenvalue weighted by atomic mass is 9.92. The number of hydrazone groups is 1. The van der Waals surface area contributed by atoms with E-state index in [1.165, 1.54) is 19.0 Å². The van der Waals surface area contributed by atoms with Crippen LogP contribution in [-0.2, 0) is 30.3 Å². The minimum absolute atomic E-state index is 0.0861. The van der Waals surface area contributed by atoms with E-state index in [1.807, 2.05) is 19.1 Å². The van der Waals surface area contributed by atoms with Crippen molar-refractivity contribution in [3.8, 4) is 0 Å². The van der Waals surface area contributed by atoms with E-state index >= 15 is 0 Å². The molecule has 0 bridgehead atoms. The predicted molar refractivity (Wildman–Crippen MR) is 106 cm³/mol. The number of aryl methyl sites for hydroxylation is 1. The Morgan fingerprint density at radius 3 is 2.28 bits per heavy atom. The van der Waals surface area contributed by atoms with Crippen LogP contribution in [0, 0.1) is 5.92 Å². The van der Waals surface area contributed by atoms with Gasteiger partial charge >= 0.3 is 5.97 Å². The molecule has 0 saturated carbocycles. The normalized spacial score (nSPS) is 21.3. The van der Waals surface area contributed by atoms with Crippen LogP contribution in [0.4, 0.5) is 5.69 Å². The third-order valence-electron chi connectivity index (χ3n) is 5.35. The number of hydrogen-bond acceptors (Lipinski definition) is 7. The molecule has 0 spiro atoms. The van der Waals surface area contributed by atoms with Crippen LogP contribution in [0.15, 0.2) is 29.4 Å². The number of fused-ring (bicyclic) bond motifs is 1. The summed E-state index contributed by atoms with van der Waals surface area (Å²) in [5.74, 6) is -2.90. The second-order valence-electron chi connectivity index (χ2n) is 7.97. The van der Waals surface area contributed by atoms with Crippen molar-refractivity contribution in [1.29, 1.82) is 0 Å². The first-order valence-corrected chi connectivity index (χ1v) is 9.54. The van der Waals surface area contributed by atoms with Crippen LogP contribution in [0.2, 0.25) is 0 Å². The molecule has 2 amide bonds. The highest BCUT2D eigenvalue weighted by Gasteiger charge is 2.60. The molecule has 2 aliphatic rings. The second-order valence-corrected chi connectivity index (χ2v) is 7.97. The summed E-state index contributed by atoms with van der Waals surface area (Å²) in [5.41, 5.74) is 0.553. The smallest absolute Gasteiger partial charge is 0.355 e. The molecular weight excluding hydrogens is 374 g/mol. The lowest BCUT2D eigenvalue weighted by molar-refractivity contribution is -0.133.